The molecule has 0 radical (unpaired) electrons. The van der Waals surface area contributed by atoms with E-state index in [-0.39, 0.29) is 5.56 Å². The number of aromatic carboxylic acids is 1. The standard InChI is InChI=1S/C12H11N5O2/c18-12(19)9-1-2-10-11(7-9)17(15-14-10)6-5-16-4-3-13-8-16/h1-4,7-8H,5-6H2,(H,18,19). The minimum Gasteiger partial charge on any atom is -0.478 e. The first-order valence-corrected chi connectivity index (χ1v) is 5.76. The molecule has 0 aliphatic rings. The van der Waals surface area contributed by atoms with Crippen molar-refractivity contribution in [2.24, 2.45) is 0 Å². The maximum atomic E-state index is 11.0. The van der Waals surface area contributed by atoms with Gasteiger partial charge in [0.25, 0.3) is 0 Å². The topological polar surface area (TPSA) is 85.8 Å². The number of aromatic nitrogens is 5. The molecular formula is C12H11N5O2. The SMILES string of the molecule is O=C(O)c1ccc2nnn(CCn3ccnc3)c2c1. The van der Waals surface area contributed by atoms with Gasteiger partial charge in [0.1, 0.15) is 5.52 Å². The fraction of sp³-hybridized carbons (Fsp3) is 0.167. The molecule has 0 amide bonds. The Balaban J connectivity index is 1.90. The zero-order chi connectivity index (χ0) is 13.2. The number of imidazole rings is 1. The van der Waals surface area contributed by atoms with Gasteiger partial charge in [-0.3, -0.25) is 0 Å². The summed E-state index contributed by atoms with van der Waals surface area (Å²) in [4.78, 5) is 14.9. The van der Waals surface area contributed by atoms with E-state index in [9.17, 15) is 4.79 Å². The van der Waals surface area contributed by atoms with Gasteiger partial charge in [-0.1, -0.05) is 5.21 Å². The van der Waals surface area contributed by atoms with Crippen LogP contribution in [-0.2, 0) is 13.1 Å². The zero-order valence-electron chi connectivity index (χ0n) is 9.97. The second kappa shape index (κ2) is 4.52. The summed E-state index contributed by atoms with van der Waals surface area (Å²) in [5, 5.41) is 17.0. The molecular weight excluding hydrogens is 246 g/mol. The van der Waals surface area contributed by atoms with Crippen molar-refractivity contribution in [3.05, 3.63) is 42.5 Å². The average molecular weight is 257 g/mol. The molecule has 0 fully saturated rings. The second-order valence-electron chi connectivity index (χ2n) is 4.12. The van der Waals surface area contributed by atoms with E-state index in [0.29, 0.717) is 18.6 Å². The fourth-order valence-corrected chi connectivity index (χ4v) is 1.89. The van der Waals surface area contributed by atoms with E-state index < -0.39 is 5.97 Å². The Kier molecular flexibility index (Phi) is 2.71. The number of fused-ring (bicyclic) bond motifs is 1. The van der Waals surface area contributed by atoms with Crippen molar-refractivity contribution >= 4 is 17.0 Å². The summed E-state index contributed by atoms with van der Waals surface area (Å²) in [7, 11) is 0. The first kappa shape index (κ1) is 11.4. The largest absolute Gasteiger partial charge is 0.478 e. The molecule has 2 heterocycles. The lowest BCUT2D eigenvalue weighted by Crippen LogP contribution is -2.07. The van der Waals surface area contributed by atoms with Gasteiger partial charge < -0.3 is 9.67 Å². The molecule has 0 aliphatic carbocycles. The van der Waals surface area contributed by atoms with Crippen LogP contribution in [0, 0.1) is 0 Å². The van der Waals surface area contributed by atoms with Gasteiger partial charge in [-0.2, -0.15) is 0 Å². The predicted molar refractivity (Wildman–Crippen MR) is 66.7 cm³/mol. The van der Waals surface area contributed by atoms with Crippen molar-refractivity contribution in [3.63, 3.8) is 0 Å². The Hall–Kier alpha value is -2.70. The summed E-state index contributed by atoms with van der Waals surface area (Å²) in [6.45, 7) is 1.31. The molecule has 0 saturated carbocycles. The maximum Gasteiger partial charge on any atom is 0.335 e. The van der Waals surface area contributed by atoms with Crippen molar-refractivity contribution in [3.8, 4) is 0 Å². The number of aryl methyl sites for hydroxylation is 2. The monoisotopic (exact) mass is 257 g/mol. The first-order valence-electron chi connectivity index (χ1n) is 5.76. The number of carbonyl (C=O) groups is 1. The Labute approximate surface area is 108 Å². The van der Waals surface area contributed by atoms with Gasteiger partial charge in [0.2, 0.25) is 0 Å². The summed E-state index contributed by atoms with van der Waals surface area (Å²) < 4.78 is 3.62. The van der Waals surface area contributed by atoms with Crippen LogP contribution in [0.5, 0.6) is 0 Å². The quantitative estimate of drug-likeness (QED) is 0.754. The number of hydrogen-bond donors (Lipinski definition) is 1. The second-order valence-corrected chi connectivity index (χ2v) is 4.12. The van der Waals surface area contributed by atoms with Crippen molar-refractivity contribution in [1.82, 2.24) is 24.5 Å². The van der Waals surface area contributed by atoms with Crippen LogP contribution in [0.2, 0.25) is 0 Å². The molecule has 1 aromatic carbocycles. The van der Waals surface area contributed by atoms with Gasteiger partial charge in [-0.25, -0.2) is 14.5 Å². The molecule has 0 aliphatic heterocycles. The number of rotatable bonds is 4. The maximum absolute atomic E-state index is 11.0. The fourth-order valence-electron chi connectivity index (χ4n) is 1.89. The Morgan fingerprint density at radius 3 is 2.95 bits per heavy atom. The minimum atomic E-state index is -0.954. The smallest absolute Gasteiger partial charge is 0.335 e. The van der Waals surface area contributed by atoms with Crippen LogP contribution in [0.25, 0.3) is 11.0 Å². The highest BCUT2D eigenvalue weighted by Crippen LogP contribution is 2.13. The van der Waals surface area contributed by atoms with Crippen LogP contribution in [0.3, 0.4) is 0 Å². The zero-order valence-corrected chi connectivity index (χ0v) is 9.97. The normalized spacial score (nSPS) is 10.9. The summed E-state index contributed by atoms with van der Waals surface area (Å²) in [5.74, 6) is -0.954. The Morgan fingerprint density at radius 2 is 2.21 bits per heavy atom. The summed E-state index contributed by atoms with van der Waals surface area (Å²) in [6.07, 6.45) is 5.30. The molecule has 0 unspecified atom stereocenters. The van der Waals surface area contributed by atoms with E-state index >= 15 is 0 Å². The van der Waals surface area contributed by atoms with Crippen LogP contribution in [0.4, 0.5) is 0 Å². The van der Waals surface area contributed by atoms with Crippen LogP contribution in [0.1, 0.15) is 10.4 Å². The average Bonchev–Trinajstić information content (AvgIpc) is 3.05. The molecule has 2 aromatic heterocycles. The summed E-state index contributed by atoms with van der Waals surface area (Å²) in [6, 6.07) is 4.78. The lowest BCUT2D eigenvalue weighted by molar-refractivity contribution is 0.0697. The van der Waals surface area contributed by atoms with Gasteiger partial charge in [-0.05, 0) is 18.2 Å². The molecule has 7 heteroatoms. The van der Waals surface area contributed by atoms with E-state index in [1.807, 2.05) is 10.8 Å². The van der Waals surface area contributed by atoms with Gasteiger partial charge in [-0.15, -0.1) is 5.10 Å². The molecule has 0 spiro atoms. The highest BCUT2D eigenvalue weighted by Gasteiger charge is 2.09. The van der Waals surface area contributed by atoms with Crippen LogP contribution in [-0.4, -0.2) is 35.6 Å². The Bertz CT molecular complexity index is 717. The number of benzene rings is 1. The highest BCUT2D eigenvalue weighted by molar-refractivity contribution is 5.92. The van der Waals surface area contributed by atoms with E-state index in [1.165, 1.54) is 6.07 Å². The van der Waals surface area contributed by atoms with Crippen molar-refractivity contribution in [1.29, 1.82) is 0 Å². The number of hydrogen-bond acceptors (Lipinski definition) is 4. The van der Waals surface area contributed by atoms with Crippen molar-refractivity contribution < 1.29 is 9.90 Å². The Morgan fingerprint density at radius 1 is 1.32 bits per heavy atom. The minimum absolute atomic E-state index is 0.235. The summed E-state index contributed by atoms with van der Waals surface area (Å²) >= 11 is 0. The third kappa shape index (κ3) is 2.17. The number of carboxylic acid groups (broad SMARTS) is 1. The summed E-state index contributed by atoms with van der Waals surface area (Å²) in [5.41, 5.74) is 1.65. The van der Waals surface area contributed by atoms with Gasteiger partial charge in [0.15, 0.2) is 0 Å². The molecule has 19 heavy (non-hydrogen) atoms. The molecule has 0 atom stereocenters. The van der Waals surface area contributed by atoms with Gasteiger partial charge in [0.05, 0.1) is 24.0 Å². The highest BCUT2D eigenvalue weighted by atomic mass is 16.4. The van der Waals surface area contributed by atoms with E-state index in [1.54, 1.807) is 29.3 Å². The lowest BCUT2D eigenvalue weighted by atomic mass is 10.2. The third-order valence-electron chi connectivity index (χ3n) is 2.89. The first-order chi connectivity index (χ1) is 9.24. The molecule has 0 saturated heterocycles. The molecule has 1 N–H and O–H groups in total. The molecule has 96 valence electrons. The number of carboxylic acids is 1. The van der Waals surface area contributed by atoms with Crippen LogP contribution in [0.15, 0.2) is 36.9 Å². The number of nitrogens with zero attached hydrogens (tertiary/aromatic N) is 5. The molecule has 0 bridgehead atoms. The van der Waals surface area contributed by atoms with Crippen LogP contribution >= 0.6 is 0 Å². The molecule has 7 nitrogen and oxygen atoms in total. The van der Waals surface area contributed by atoms with Crippen molar-refractivity contribution in [2.45, 2.75) is 13.1 Å². The molecule has 3 aromatic rings. The predicted octanol–water partition coefficient (Wildman–Crippen LogP) is 1.03. The van der Waals surface area contributed by atoms with Crippen LogP contribution < -0.4 is 0 Å². The third-order valence-corrected chi connectivity index (χ3v) is 2.89. The van der Waals surface area contributed by atoms with Gasteiger partial charge in [0, 0.05) is 18.9 Å². The van der Waals surface area contributed by atoms with E-state index in [4.69, 9.17) is 5.11 Å². The molecule has 3 rings (SSSR count). The van der Waals surface area contributed by atoms with E-state index in [2.05, 4.69) is 15.3 Å². The lowest BCUT2D eigenvalue weighted by Gasteiger charge is -2.03. The van der Waals surface area contributed by atoms with Gasteiger partial charge >= 0.3 is 5.97 Å². The van der Waals surface area contributed by atoms with Crippen molar-refractivity contribution in [2.75, 3.05) is 0 Å². The van der Waals surface area contributed by atoms with E-state index in [0.717, 1.165) is 5.52 Å².